The van der Waals surface area contributed by atoms with Crippen LogP contribution in [0.15, 0.2) is 60.7 Å². The maximum atomic E-state index is 13.4. The molecule has 1 amide bonds. The van der Waals surface area contributed by atoms with E-state index in [0.717, 1.165) is 72.6 Å². The molecule has 2 saturated heterocycles. The molecule has 4 aromatic rings. The van der Waals surface area contributed by atoms with Gasteiger partial charge in [0.05, 0.1) is 16.7 Å². The standard InChI is InChI=1S/C30H33N5O/c1-33-27-10-9-23(30(36)34-16-14-21-13-15-31-25(21)19-34)17-24(27)32-29(33)28-12-11-26(22-5-3-2-4-6-22)35(28)18-20-7-8-20/h2-6,9-12,17,20-21,25,31H,7-8,13-16,18-19H2,1H3/t21-,25+/m0/s1. The summed E-state index contributed by atoms with van der Waals surface area (Å²) < 4.78 is 4.62. The molecule has 1 saturated carbocycles. The summed E-state index contributed by atoms with van der Waals surface area (Å²) in [6, 6.07) is 21.5. The van der Waals surface area contributed by atoms with E-state index in [0.29, 0.717) is 6.04 Å². The maximum absolute atomic E-state index is 13.4. The first-order valence-electron chi connectivity index (χ1n) is 13.4. The Morgan fingerprint density at radius 2 is 1.83 bits per heavy atom. The van der Waals surface area contributed by atoms with Gasteiger partial charge in [-0.3, -0.25) is 4.79 Å². The molecule has 0 radical (unpaired) electrons. The van der Waals surface area contributed by atoms with Gasteiger partial charge in [-0.15, -0.1) is 0 Å². The van der Waals surface area contributed by atoms with Crippen LogP contribution in [0.2, 0.25) is 0 Å². The number of carbonyl (C=O) groups is 1. The van der Waals surface area contributed by atoms with E-state index in [9.17, 15) is 4.79 Å². The molecule has 4 heterocycles. The number of fused-ring (bicyclic) bond motifs is 2. The Kier molecular flexibility index (Phi) is 5.24. The lowest BCUT2D eigenvalue weighted by Gasteiger charge is -2.35. The van der Waals surface area contributed by atoms with Crippen LogP contribution in [0.5, 0.6) is 0 Å². The van der Waals surface area contributed by atoms with E-state index in [2.05, 4.69) is 70.0 Å². The first-order valence-corrected chi connectivity index (χ1v) is 13.4. The Morgan fingerprint density at radius 1 is 1.00 bits per heavy atom. The molecule has 0 unspecified atom stereocenters. The Morgan fingerprint density at radius 3 is 2.67 bits per heavy atom. The molecule has 1 aliphatic carbocycles. The van der Waals surface area contributed by atoms with Gasteiger partial charge in [0.25, 0.3) is 5.91 Å². The molecule has 7 rings (SSSR count). The summed E-state index contributed by atoms with van der Waals surface area (Å²) >= 11 is 0. The van der Waals surface area contributed by atoms with Gasteiger partial charge in [-0.25, -0.2) is 4.98 Å². The third-order valence-electron chi connectivity index (χ3n) is 8.51. The normalized spacial score (nSPS) is 21.8. The highest BCUT2D eigenvalue weighted by molar-refractivity contribution is 5.98. The van der Waals surface area contributed by atoms with Crippen molar-refractivity contribution < 1.29 is 4.79 Å². The minimum Gasteiger partial charge on any atom is -0.338 e. The molecule has 3 aliphatic rings. The molecule has 2 atom stereocenters. The second-order valence-corrected chi connectivity index (χ2v) is 10.9. The molecule has 0 spiro atoms. The number of nitrogens with zero attached hydrogens (tertiary/aromatic N) is 4. The molecular weight excluding hydrogens is 446 g/mol. The highest BCUT2D eigenvalue weighted by atomic mass is 16.2. The van der Waals surface area contributed by atoms with Crippen molar-refractivity contribution in [3.8, 4) is 22.8 Å². The lowest BCUT2D eigenvalue weighted by molar-refractivity contribution is 0.0669. The van der Waals surface area contributed by atoms with Crippen LogP contribution < -0.4 is 5.32 Å². The minimum absolute atomic E-state index is 0.125. The SMILES string of the molecule is Cn1c(-c2ccc(-c3ccccc3)n2CC2CC2)nc2cc(C(=O)N3CC[C@@H]4CCN[C@@H]4C3)ccc21. The second-order valence-electron chi connectivity index (χ2n) is 10.9. The first-order chi connectivity index (χ1) is 17.7. The van der Waals surface area contributed by atoms with Crippen LogP contribution in [0, 0.1) is 11.8 Å². The second kappa shape index (κ2) is 8.63. The predicted octanol–water partition coefficient (Wildman–Crippen LogP) is 4.94. The van der Waals surface area contributed by atoms with Crippen LogP contribution in [0.3, 0.4) is 0 Å². The van der Waals surface area contributed by atoms with E-state index in [1.54, 1.807) is 0 Å². The number of carbonyl (C=O) groups excluding carboxylic acids is 1. The lowest BCUT2D eigenvalue weighted by Crippen LogP contribution is -2.48. The van der Waals surface area contributed by atoms with Crippen molar-refractivity contribution >= 4 is 16.9 Å². The van der Waals surface area contributed by atoms with E-state index >= 15 is 0 Å². The lowest BCUT2D eigenvalue weighted by atomic mass is 9.92. The zero-order valence-electron chi connectivity index (χ0n) is 20.9. The first kappa shape index (κ1) is 21.9. The summed E-state index contributed by atoms with van der Waals surface area (Å²) in [5, 5.41) is 3.58. The maximum Gasteiger partial charge on any atom is 0.253 e. The van der Waals surface area contributed by atoms with Gasteiger partial charge in [-0.2, -0.15) is 0 Å². The van der Waals surface area contributed by atoms with Crippen molar-refractivity contribution in [1.82, 2.24) is 24.3 Å². The number of piperidine rings is 1. The predicted molar refractivity (Wildman–Crippen MR) is 143 cm³/mol. The number of benzene rings is 2. The van der Waals surface area contributed by atoms with Crippen molar-refractivity contribution in [2.45, 2.75) is 38.3 Å². The smallest absolute Gasteiger partial charge is 0.253 e. The summed E-state index contributed by atoms with van der Waals surface area (Å²) in [7, 11) is 2.08. The molecule has 2 aromatic carbocycles. The Bertz CT molecular complexity index is 1430. The van der Waals surface area contributed by atoms with Crippen LogP contribution in [0.25, 0.3) is 33.8 Å². The van der Waals surface area contributed by atoms with E-state index in [4.69, 9.17) is 4.98 Å². The van der Waals surface area contributed by atoms with Gasteiger partial charge < -0.3 is 19.4 Å². The molecule has 6 nitrogen and oxygen atoms in total. The van der Waals surface area contributed by atoms with Gasteiger partial charge in [-0.1, -0.05) is 30.3 Å². The van der Waals surface area contributed by atoms with Gasteiger partial charge in [-0.05, 0) is 80.0 Å². The summed E-state index contributed by atoms with van der Waals surface area (Å²) in [4.78, 5) is 20.5. The fraction of sp³-hybridized carbons (Fsp3) is 0.400. The van der Waals surface area contributed by atoms with Crippen molar-refractivity contribution in [3.63, 3.8) is 0 Å². The molecule has 1 N–H and O–H groups in total. The fourth-order valence-corrected chi connectivity index (χ4v) is 6.24. The number of aryl methyl sites for hydroxylation is 1. The van der Waals surface area contributed by atoms with Gasteiger partial charge >= 0.3 is 0 Å². The van der Waals surface area contributed by atoms with Crippen LogP contribution in [0.4, 0.5) is 0 Å². The summed E-state index contributed by atoms with van der Waals surface area (Å²) in [5.41, 5.74) is 6.29. The highest BCUT2D eigenvalue weighted by Crippen LogP contribution is 2.37. The number of imidazole rings is 1. The Hall–Kier alpha value is -3.38. The molecule has 2 aliphatic heterocycles. The van der Waals surface area contributed by atoms with Gasteiger partial charge in [0, 0.05) is 44.0 Å². The minimum atomic E-state index is 0.125. The van der Waals surface area contributed by atoms with Crippen molar-refractivity contribution in [1.29, 1.82) is 0 Å². The number of rotatable bonds is 5. The number of hydrogen-bond acceptors (Lipinski definition) is 3. The Labute approximate surface area is 211 Å². The number of amides is 1. The van der Waals surface area contributed by atoms with Crippen LogP contribution >= 0.6 is 0 Å². The number of hydrogen-bond donors (Lipinski definition) is 1. The van der Waals surface area contributed by atoms with E-state index in [-0.39, 0.29) is 5.91 Å². The van der Waals surface area contributed by atoms with E-state index in [1.165, 1.54) is 30.5 Å². The summed E-state index contributed by atoms with van der Waals surface area (Å²) in [6.45, 7) is 3.76. The molecule has 6 heteroatoms. The molecule has 3 fully saturated rings. The topological polar surface area (TPSA) is 55.1 Å². The number of aromatic nitrogens is 3. The number of likely N-dealkylation sites (tertiary alicyclic amines) is 1. The quantitative estimate of drug-likeness (QED) is 0.441. The monoisotopic (exact) mass is 479 g/mol. The molecule has 184 valence electrons. The summed E-state index contributed by atoms with van der Waals surface area (Å²) in [5.74, 6) is 2.55. The zero-order chi connectivity index (χ0) is 24.2. The zero-order valence-corrected chi connectivity index (χ0v) is 20.9. The van der Waals surface area contributed by atoms with Gasteiger partial charge in [0.15, 0.2) is 5.82 Å². The summed E-state index contributed by atoms with van der Waals surface area (Å²) in [6.07, 6.45) is 4.94. The highest BCUT2D eigenvalue weighted by Gasteiger charge is 2.34. The van der Waals surface area contributed by atoms with E-state index < -0.39 is 0 Å². The average molecular weight is 480 g/mol. The number of nitrogens with one attached hydrogen (secondary N) is 1. The Balaban J connectivity index is 1.23. The van der Waals surface area contributed by atoms with Crippen LogP contribution in [0.1, 0.15) is 36.0 Å². The molecule has 2 aromatic heterocycles. The molecular formula is C30H33N5O. The average Bonchev–Trinajstić information content (AvgIpc) is 3.30. The van der Waals surface area contributed by atoms with Gasteiger partial charge in [0.1, 0.15) is 0 Å². The van der Waals surface area contributed by atoms with Crippen molar-refractivity contribution in [3.05, 3.63) is 66.2 Å². The van der Waals surface area contributed by atoms with Crippen LogP contribution in [-0.2, 0) is 13.6 Å². The third-order valence-corrected chi connectivity index (χ3v) is 8.51. The van der Waals surface area contributed by atoms with Crippen molar-refractivity contribution in [2.24, 2.45) is 18.9 Å². The molecule has 0 bridgehead atoms. The fourth-order valence-electron chi connectivity index (χ4n) is 6.24. The van der Waals surface area contributed by atoms with Gasteiger partial charge in [0.2, 0.25) is 0 Å². The largest absolute Gasteiger partial charge is 0.338 e. The molecule has 36 heavy (non-hydrogen) atoms. The third kappa shape index (κ3) is 3.75. The van der Waals surface area contributed by atoms with Crippen molar-refractivity contribution in [2.75, 3.05) is 19.6 Å². The van der Waals surface area contributed by atoms with Crippen LogP contribution in [-0.4, -0.2) is 50.6 Å². The van der Waals surface area contributed by atoms with E-state index in [1.807, 2.05) is 17.0 Å².